The van der Waals surface area contributed by atoms with Crippen LogP contribution in [0.5, 0.6) is 0 Å². The molecule has 0 saturated carbocycles. The molecular formula is C23H31N5O8. The third kappa shape index (κ3) is 8.34. The zero-order chi connectivity index (χ0) is 26.8. The van der Waals surface area contributed by atoms with E-state index in [1.165, 1.54) is 0 Å². The van der Waals surface area contributed by atoms with Gasteiger partial charge in [0.1, 0.15) is 18.1 Å². The summed E-state index contributed by atoms with van der Waals surface area (Å²) in [5.41, 5.74) is 11.4. The van der Waals surface area contributed by atoms with Crippen LogP contribution in [-0.4, -0.2) is 81.4 Å². The molecule has 4 amide bonds. The number of rotatable bonds is 13. The van der Waals surface area contributed by atoms with Crippen molar-refractivity contribution in [3.05, 3.63) is 35.9 Å². The molecule has 1 aliphatic rings. The lowest BCUT2D eigenvalue weighted by Crippen LogP contribution is -2.57. The number of carbonyl (C=O) groups excluding carboxylic acids is 4. The summed E-state index contributed by atoms with van der Waals surface area (Å²) in [6.45, 7) is 0.118. The topological polar surface area (TPSA) is 222 Å². The Morgan fingerprint density at radius 2 is 1.69 bits per heavy atom. The second-order valence-electron chi connectivity index (χ2n) is 8.55. The summed E-state index contributed by atoms with van der Waals surface area (Å²) in [5.74, 6) is -5.63. The largest absolute Gasteiger partial charge is 0.481 e. The predicted octanol–water partition coefficient (Wildman–Crippen LogP) is -1.66. The summed E-state index contributed by atoms with van der Waals surface area (Å²) in [4.78, 5) is 73.6. The molecule has 196 valence electrons. The van der Waals surface area contributed by atoms with Crippen molar-refractivity contribution >= 4 is 35.6 Å². The van der Waals surface area contributed by atoms with Crippen molar-refractivity contribution < 1.29 is 39.0 Å². The number of hydrogen-bond acceptors (Lipinski definition) is 7. The van der Waals surface area contributed by atoms with Gasteiger partial charge in [0.2, 0.25) is 23.6 Å². The van der Waals surface area contributed by atoms with Crippen molar-refractivity contribution in [1.29, 1.82) is 0 Å². The van der Waals surface area contributed by atoms with Crippen molar-refractivity contribution in [2.45, 2.75) is 62.7 Å². The molecule has 0 radical (unpaired) electrons. The summed E-state index contributed by atoms with van der Waals surface area (Å²) in [6.07, 6.45) is -0.337. The zero-order valence-electron chi connectivity index (χ0n) is 19.6. The second-order valence-corrected chi connectivity index (χ2v) is 8.55. The molecular weight excluding hydrogens is 474 g/mol. The van der Waals surface area contributed by atoms with Crippen LogP contribution in [-0.2, 0) is 35.2 Å². The van der Waals surface area contributed by atoms with E-state index in [2.05, 4.69) is 10.6 Å². The molecule has 0 aliphatic carbocycles. The highest BCUT2D eigenvalue weighted by Crippen LogP contribution is 2.20. The zero-order valence-corrected chi connectivity index (χ0v) is 19.6. The molecule has 13 nitrogen and oxygen atoms in total. The van der Waals surface area contributed by atoms with Gasteiger partial charge in [0.25, 0.3) is 0 Å². The number of primary amides is 1. The highest BCUT2D eigenvalue weighted by atomic mass is 16.4. The van der Waals surface area contributed by atoms with Gasteiger partial charge in [0, 0.05) is 19.4 Å². The van der Waals surface area contributed by atoms with Gasteiger partial charge in [0.15, 0.2) is 0 Å². The summed E-state index contributed by atoms with van der Waals surface area (Å²) < 4.78 is 0. The first kappa shape index (κ1) is 28.2. The van der Waals surface area contributed by atoms with Gasteiger partial charge in [-0.15, -0.1) is 0 Å². The van der Waals surface area contributed by atoms with E-state index in [4.69, 9.17) is 11.5 Å². The number of carboxylic acids is 2. The van der Waals surface area contributed by atoms with Crippen LogP contribution in [0.2, 0.25) is 0 Å². The lowest BCUT2D eigenvalue weighted by Gasteiger charge is -2.29. The third-order valence-corrected chi connectivity index (χ3v) is 5.77. The summed E-state index contributed by atoms with van der Waals surface area (Å²) in [6, 6.07) is 3.71. The van der Waals surface area contributed by atoms with Crippen LogP contribution < -0.4 is 22.1 Å². The van der Waals surface area contributed by atoms with Crippen molar-refractivity contribution in [2.24, 2.45) is 11.5 Å². The molecule has 1 aromatic carbocycles. The Hall–Kier alpha value is -4.00. The number of benzene rings is 1. The first-order chi connectivity index (χ1) is 17.0. The molecule has 4 atom stereocenters. The Bertz CT molecular complexity index is 986. The van der Waals surface area contributed by atoms with Crippen LogP contribution >= 0.6 is 0 Å². The second kappa shape index (κ2) is 13.2. The predicted molar refractivity (Wildman–Crippen MR) is 125 cm³/mol. The normalized spacial score (nSPS) is 17.5. The van der Waals surface area contributed by atoms with E-state index in [0.717, 1.165) is 4.90 Å². The fourth-order valence-corrected chi connectivity index (χ4v) is 3.90. The third-order valence-electron chi connectivity index (χ3n) is 5.77. The van der Waals surface area contributed by atoms with Crippen molar-refractivity contribution in [3.8, 4) is 0 Å². The molecule has 13 heteroatoms. The van der Waals surface area contributed by atoms with Crippen LogP contribution in [0.15, 0.2) is 30.3 Å². The Morgan fingerprint density at radius 1 is 1.03 bits per heavy atom. The van der Waals surface area contributed by atoms with E-state index in [1.807, 2.05) is 0 Å². The molecule has 0 aromatic heterocycles. The quantitative estimate of drug-likeness (QED) is 0.180. The number of carbonyl (C=O) groups is 6. The summed E-state index contributed by atoms with van der Waals surface area (Å²) in [5, 5.41) is 23.6. The number of aliphatic carboxylic acids is 2. The van der Waals surface area contributed by atoms with E-state index in [-0.39, 0.29) is 32.2 Å². The highest BCUT2D eigenvalue weighted by Gasteiger charge is 2.39. The molecule has 36 heavy (non-hydrogen) atoms. The van der Waals surface area contributed by atoms with E-state index in [1.54, 1.807) is 30.3 Å². The minimum atomic E-state index is -1.51. The van der Waals surface area contributed by atoms with Gasteiger partial charge in [-0.05, 0) is 24.8 Å². The van der Waals surface area contributed by atoms with Crippen LogP contribution in [0.1, 0.15) is 37.7 Å². The van der Waals surface area contributed by atoms with E-state index in [0.29, 0.717) is 12.0 Å². The summed E-state index contributed by atoms with van der Waals surface area (Å²) >= 11 is 0. The summed E-state index contributed by atoms with van der Waals surface area (Å²) in [7, 11) is 0. The van der Waals surface area contributed by atoms with Crippen molar-refractivity contribution in [1.82, 2.24) is 15.5 Å². The van der Waals surface area contributed by atoms with E-state index < -0.39 is 66.2 Å². The average Bonchev–Trinajstić information content (AvgIpc) is 3.31. The van der Waals surface area contributed by atoms with Gasteiger partial charge in [-0.25, -0.2) is 4.79 Å². The van der Waals surface area contributed by atoms with Crippen molar-refractivity contribution in [2.75, 3.05) is 6.54 Å². The first-order valence-corrected chi connectivity index (χ1v) is 11.4. The van der Waals surface area contributed by atoms with Gasteiger partial charge in [0.05, 0.1) is 12.5 Å². The van der Waals surface area contributed by atoms with Gasteiger partial charge in [-0.2, -0.15) is 0 Å². The molecule has 1 heterocycles. The molecule has 1 saturated heterocycles. The number of nitrogens with one attached hydrogen (secondary N) is 2. The maximum Gasteiger partial charge on any atom is 0.326 e. The molecule has 2 rings (SSSR count). The Kier molecular flexibility index (Phi) is 10.3. The van der Waals surface area contributed by atoms with Crippen LogP contribution in [0.4, 0.5) is 0 Å². The SMILES string of the molecule is NC(=O)CCC(N)C(=O)NC(CC(=O)O)C(=O)N1CCCC1C(=O)NC(Cc1ccccc1)C(=O)O. The smallest absolute Gasteiger partial charge is 0.326 e. The van der Waals surface area contributed by atoms with E-state index in [9.17, 15) is 39.0 Å². The Morgan fingerprint density at radius 3 is 2.28 bits per heavy atom. The number of nitrogens with zero attached hydrogens (tertiary/aromatic N) is 1. The molecule has 1 aromatic rings. The average molecular weight is 506 g/mol. The fraction of sp³-hybridized carbons (Fsp3) is 0.478. The Balaban J connectivity index is 2.11. The van der Waals surface area contributed by atoms with Gasteiger partial charge in [-0.1, -0.05) is 30.3 Å². The molecule has 0 bridgehead atoms. The minimum Gasteiger partial charge on any atom is -0.481 e. The highest BCUT2D eigenvalue weighted by molar-refractivity contribution is 5.96. The molecule has 8 N–H and O–H groups in total. The monoisotopic (exact) mass is 505 g/mol. The molecule has 1 aliphatic heterocycles. The number of nitrogens with two attached hydrogens (primary N) is 2. The van der Waals surface area contributed by atoms with Gasteiger partial charge in [-0.3, -0.25) is 24.0 Å². The lowest BCUT2D eigenvalue weighted by molar-refractivity contribution is -0.147. The number of likely N-dealkylation sites (tertiary alicyclic amines) is 1. The van der Waals surface area contributed by atoms with Crippen LogP contribution in [0.3, 0.4) is 0 Å². The molecule has 1 fully saturated rings. The molecule has 4 unspecified atom stereocenters. The van der Waals surface area contributed by atoms with E-state index >= 15 is 0 Å². The maximum atomic E-state index is 13.2. The fourth-order valence-electron chi connectivity index (χ4n) is 3.90. The standard InChI is InChI=1S/C23H31N5O8/c24-14(8-9-18(25)29)20(32)26-15(12-19(30)31)22(34)28-10-4-7-17(28)21(33)27-16(23(35)36)11-13-5-2-1-3-6-13/h1-3,5-6,14-17H,4,7-12,24H2,(H2,25,29)(H,26,32)(H,27,33)(H,30,31)(H,35,36). The lowest BCUT2D eigenvalue weighted by atomic mass is 10.0. The number of hydrogen-bond donors (Lipinski definition) is 6. The van der Waals surface area contributed by atoms with Gasteiger partial charge >= 0.3 is 11.9 Å². The van der Waals surface area contributed by atoms with Crippen LogP contribution in [0, 0.1) is 0 Å². The minimum absolute atomic E-state index is 0.0312. The first-order valence-electron chi connectivity index (χ1n) is 11.4. The maximum absolute atomic E-state index is 13.2. The molecule has 0 spiro atoms. The number of amides is 4. The Labute approximate surface area is 207 Å². The number of carboxylic acid groups (broad SMARTS) is 2. The van der Waals surface area contributed by atoms with Crippen LogP contribution in [0.25, 0.3) is 0 Å². The van der Waals surface area contributed by atoms with Crippen molar-refractivity contribution in [3.63, 3.8) is 0 Å². The van der Waals surface area contributed by atoms with Gasteiger partial charge < -0.3 is 37.2 Å².